The van der Waals surface area contributed by atoms with Gasteiger partial charge in [-0.25, -0.2) is 9.48 Å². The van der Waals surface area contributed by atoms with Gasteiger partial charge in [0, 0.05) is 34.9 Å². The largest absolute Gasteiger partial charge is 0.464 e. The number of ether oxygens (including phenoxy) is 2. The van der Waals surface area contributed by atoms with Gasteiger partial charge < -0.3 is 20.5 Å². The first kappa shape index (κ1) is 25.7. The number of nitrogens with zero attached hydrogens (tertiary/aromatic N) is 5. The molecule has 0 saturated carbocycles. The third-order valence-corrected chi connectivity index (χ3v) is 9.00. The summed E-state index contributed by atoms with van der Waals surface area (Å²) in [5.41, 5.74) is 6.49. The molecule has 2 aromatic rings. The van der Waals surface area contributed by atoms with Gasteiger partial charge >= 0.3 is 5.97 Å². The van der Waals surface area contributed by atoms with Gasteiger partial charge in [0.2, 0.25) is 11.1 Å². The molecule has 2 atom stereocenters. The van der Waals surface area contributed by atoms with Crippen LogP contribution in [0.25, 0.3) is 0 Å². The van der Waals surface area contributed by atoms with Crippen LogP contribution in [0.2, 0.25) is 0 Å². The van der Waals surface area contributed by atoms with Gasteiger partial charge in [-0.2, -0.15) is 0 Å². The van der Waals surface area contributed by atoms with E-state index in [0.717, 1.165) is 3.57 Å². The number of thioether (sulfide) groups is 2. The minimum Gasteiger partial charge on any atom is -0.464 e. The number of fused-ring (bicyclic) bond motifs is 1. The van der Waals surface area contributed by atoms with Crippen molar-refractivity contribution in [3.05, 3.63) is 38.6 Å². The molecule has 1 saturated heterocycles. The molecule has 0 spiro atoms. The van der Waals surface area contributed by atoms with Gasteiger partial charge in [-0.1, -0.05) is 23.9 Å². The number of tetrazole rings is 1. The lowest BCUT2D eigenvalue weighted by atomic mass is 9.97. The van der Waals surface area contributed by atoms with Crippen molar-refractivity contribution in [1.29, 1.82) is 0 Å². The van der Waals surface area contributed by atoms with Crippen molar-refractivity contribution in [1.82, 2.24) is 30.4 Å². The lowest BCUT2D eigenvalue weighted by molar-refractivity contribution is -0.192. The van der Waals surface area contributed by atoms with Crippen molar-refractivity contribution >= 4 is 69.6 Å². The average molecular weight is 631 g/mol. The Labute approximate surface area is 222 Å². The number of amides is 2. The van der Waals surface area contributed by atoms with Crippen LogP contribution in [-0.4, -0.2) is 79.7 Å². The number of methoxy groups -OCH3 is 2. The fraction of sp³-hybridized carbons (Fsp3) is 0.400. The summed E-state index contributed by atoms with van der Waals surface area (Å²) in [7, 11) is 4.32. The molecule has 2 aliphatic heterocycles. The van der Waals surface area contributed by atoms with Crippen molar-refractivity contribution in [2.75, 3.05) is 31.5 Å². The number of halogens is 1. The summed E-state index contributed by atoms with van der Waals surface area (Å²) in [4.78, 5) is 40.3. The van der Waals surface area contributed by atoms with Gasteiger partial charge in [-0.05, 0) is 50.2 Å². The molecule has 12 nitrogen and oxygen atoms in total. The van der Waals surface area contributed by atoms with Gasteiger partial charge in [0.05, 0.1) is 13.5 Å². The molecular weight excluding hydrogens is 609 g/mol. The Morgan fingerprint density at radius 3 is 2.83 bits per heavy atom. The maximum Gasteiger partial charge on any atom is 0.354 e. The molecule has 1 fully saturated rings. The molecule has 2 amide bonds. The quantitative estimate of drug-likeness (QED) is 0.105. The van der Waals surface area contributed by atoms with Crippen LogP contribution in [0.4, 0.5) is 5.69 Å². The zero-order valence-corrected chi connectivity index (χ0v) is 22.8. The van der Waals surface area contributed by atoms with Crippen LogP contribution < -0.4 is 11.1 Å². The Morgan fingerprint density at radius 1 is 1.40 bits per heavy atom. The highest BCUT2D eigenvalue weighted by atomic mass is 127. The number of β-lactam (4-membered cyclic amide) rings is 1. The Bertz CT molecular complexity index is 1220. The van der Waals surface area contributed by atoms with E-state index in [-0.39, 0.29) is 12.1 Å². The second kappa shape index (κ2) is 10.3. The number of esters is 1. The fourth-order valence-corrected chi connectivity index (χ4v) is 6.78. The number of para-hydroxylation sites is 1. The van der Waals surface area contributed by atoms with E-state index in [2.05, 4.69) is 43.4 Å². The third kappa shape index (κ3) is 4.61. The predicted octanol–water partition coefficient (Wildman–Crippen LogP) is 0.533. The van der Waals surface area contributed by atoms with Crippen LogP contribution in [0.1, 0.15) is 5.56 Å². The number of aryl methyl sites for hydroxylation is 1. The highest BCUT2D eigenvalue weighted by Gasteiger charge is 2.66. The molecule has 15 heteroatoms. The number of carbonyl (C=O) groups is 3. The standard InChI is InChI=1S/C20H22IN7O5S2/c1-27-19(24-25-26-27)35-9-11-8-34-18-20(33-3,17(31)28(18)15(11)16(30)32-2)23-13(29)7-10-5-4-6-12(21)14(10)22/h4-6,18H,7-9,22H2,1-3H3,(H,23,29). The Morgan fingerprint density at radius 2 is 2.17 bits per heavy atom. The maximum absolute atomic E-state index is 13.4. The van der Waals surface area contributed by atoms with Crippen molar-refractivity contribution in [2.45, 2.75) is 22.7 Å². The number of hydrogen-bond donors (Lipinski definition) is 2. The lowest BCUT2D eigenvalue weighted by Gasteiger charge is -2.56. The van der Waals surface area contributed by atoms with Crippen LogP contribution in [0.3, 0.4) is 0 Å². The van der Waals surface area contributed by atoms with Crippen molar-refractivity contribution in [2.24, 2.45) is 7.05 Å². The average Bonchev–Trinajstić information content (AvgIpc) is 3.27. The smallest absolute Gasteiger partial charge is 0.354 e. The van der Waals surface area contributed by atoms with E-state index in [1.54, 1.807) is 13.1 Å². The number of nitrogens with one attached hydrogen (secondary N) is 1. The topological polar surface area (TPSA) is 155 Å². The minimum atomic E-state index is -1.61. The highest BCUT2D eigenvalue weighted by molar-refractivity contribution is 14.1. The van der Waals surface area contributed by atoms with Crippen molar-refractivity contribution in [3.63, 3.8) is 0 Å². The number of anilines is 1. The normalized spacial score (nSPS) is 21.4. The molecule has 0 radical (unpaired) electrons. The number of nitrogens with two attached hydrogens (primary N) is 1. The summed E-state index contributed by atoms with van der Waals surface area (Å²) in [6, 6.07) is 5.41. The van der Waals surface area contributed by atoms with E-state index in [4.69, 9.17) is 15.2 Å². The van der Waals surface area contributed by atoms with E-state index in [0.29, 0.717) is 33.5 Å². The van der Waals surface area contributed by atoms with E-state index >= 15 is 0 Å². The lowest BCUT2D eigenvalue weighted by Crippen LogP contribution is -2.80. The highest BCUT2D eigenvalue weighted by Crippen LogP contribution is 2.47. The van der Waals surface area contributed by atoms with Gasteiger partial charge in [0.1, 0.15) is 11.1 Å². The van der Waals surface area contributed by atoms with Crippen molar-refractivity contribution in [3.8, 4) is 0 Å². The molecule has 4 rings (SSSR count). The molecule has 1 aromatic heterocycles. The van der Waals surface area contributed by atoms with Crippen molar-refractivity contribution < 1.29 is 23.9 Å². The Hall–Kier alpha value is -2.37. The van der Waals surface area contributed by atoms with Gasteiger partial charge in [-0.3, -0.25) is 14.5 Å². The fourth-order valence-electron chi connectivity index (χ4n) is 3.79. The molecule has 1 aromatic carbocycles. The van der Waals surface area contributed by atoms with Gasteiger partial charge in [0.15, 0.2) is 0 Å². The van der Waals surface area contributed by atoms with Crippen LogP contribution in [0.5, 0.6) is 0 Å². The van der Waals surface area contributed by atoms with E-state index in [1.807, 2.05) is 12.1 Å². The Balaban J connectivity index is 1.55. The number of benzene rings is 1. The molecule has 35 heavy (non-hydrogen) atoms. The molecule has 0 bridgehead atoms. The molecular formula is C20H22IN7O5S2. The summed E-state index contributed by atoms with van der Waals surface area (Å²) in [6.07, 6.45) is -0.0220. The summed E-state index contributed by atoms with van der Waals surface area (Å²) >= 11 is 4.82. The molecule has 3 heterocycles. The monoisotopic (exact) mass is 631 g/mol. The van der Waals surface area contributed by atoms with E-state index < -0.39 is 28.9 Å². The summed E-state index contributed by atoms with van der Waals surface area (Å²) in [5, 5.41) is 14.0. The summed E-state index contributed by atoms with van der Waals surface area (Å²) < 4.78 is 12.9. The number of hydrogen-bond acceptors (Lipinski definition) is 11. The third-order valence-electron chi connectivity index (χ3n) is 5.59. The zero-order valence-electron chi connectivity index (χ0n) is 19.0. The Kier molecular flexibility index (Phi) is 7.58. The first-order valence-electron chi connectivity index (χ1n) is 10.2. The summed E-state index contributed by atoms with van der Waals surface area (Å²) in [5.74, 6) is -0.821. The van der Waals surface area contributed by atoms with Crippen LogP contribution >= 0.6 is 46.1 Å². The number of nitrogen functional groups attached to an aromatic ring is 1. The molecule has 3 N–H and O–H groups in total. The van der Waals surface area contributed by atoms with Crippen LogP contribution in [0, 0.1) is 3.57 Å². The minimum absolute atomic E-state index is 0.0220. The summed E-state index contributed by atoms with van der Waals surface area (Å²) in [6.45, 7) is 0. The maximum atomic E-state index is 13.4. The predicted molar refractivity (Wildman–Crippen MR) is 137 cm³/mol. The van der Waals surface area contributed by atoms with Crippen LogP contribution in [0.15, 0.2) is 34.6 Å². The molecule has 2 aliphatic rings. The van der Waals surface area contributed by atoms with E-state index in [1.165, 1.54) is 47.3 Å². The second-order valence-electron chi connectivity index (χ2n) is 7.63. The number of rotatable bonds is 8. The molecule has 186 valence electrons. The number of carbonyl (C=O) groups excluding carboxylic acids is 3. The SMILES string of the molecule is COC(=O)C1=C(CSc2nnnn2C)CSC2N1C(=O)C2(NC(=O)Cc1cccc(I)c1N)OC. The van der Waals surface area contributed by atoms with Gasteiger partial charge in [-0.15, -0.1) is 16.9 Å². The van der Waals surface area contributed by atoms with E-state index in [9.17, 15) is 14.4 Å². The molecule has 0 aliphatic carbocycles. The zero-order chi connectivity index (χ0) is 25.3. The molecule has 2 unspecified atom stereocenters. The van der Waals surface area contributed by atoms with Crippen LogP contribution in [-0.2, 0) is 37.3 Å². The first-order chi connectivity index (χ1) is 16.7. The number of aromatic nitrogens is 4. The van der Waals surface area contributed by atoms with Gasteiger partial charge in [0.25, 0.3) is 11.6 Å². The first-order valence-corrected chi connectivity index (χ1v) is 13.3. The second-order valence-corrected chi connectivity index (χ2v) is 10.8.